The smallest absolute Gasteiger partial charge is 0.410 e. The third-order valence-electron chi connectivity index (χ3n) is 4.50. The van der Waals surface area contributed by atoms with Crippen LogP contribution in [-0.2, 0) is 28.9 Å². The molecule has 0 saturated heterocycles. The number of benzene rings is 2. The van der Waals surface area contributed by atoms with Crippen molar-refractivity contribution in [1.82, 2.24) is 4.90 Å². The van der Waals surface area contributed by atoms with Crippen molar-refractivity contribution in [3.8, 4) is 11.5 Å². The number of ether oxygens (including phenoxy) is 2. The average Bonchev–Trinajstić information content (AvgIpc) is 2.68. The second kappa shape index (κ2) is 10.5. The van der Waals surface area contributed by atoms with Gasteiger partial charge in [-0.05, 0) is 61.2 Å². The molecule has 2 rings (SSSR count). The van der Waals surface area contributed by atoms with Crippen molar-refractivity contribution < 1.29 is 28.8 Å². The van der Waals surface area contributed by atoms with Gasteiger partial charge in [-0.25, -0.2) is 4.79 Å². The summed E-state index contributed by atoms with van der Waals surface area (Å²) < 4.78 is 22.3. The molecule has 30 heavy (non-hydrogen) atoms. The summed E-state index contributed by atoms with van der Waals surface area (Å²) >= 11 is 0. The van der Waals surface area contributed by atoms with Gasteiger partial charge in [0.25, 0.3) is 0 Å². The fourth-order valence-corrected chi connectivity index (χ4v) is 3.28. The largest absolute Gasteiger partial charge is 0.508 e. The maximum absolute atomic E-state index is 12.7. The van der Waals surface area contributed by atoms with Crippen LogP contribution in [0, 0.1) is 0 Å². The molecule has 0 aliphatic heterocycles. The fraction of sp³-hybridized carbons (Fsp3) is 0.409. The number of hydrogen-bond acceptors (Lipinski definition) is 5. The van der Waals surface area contributed by atoms with E-state index in [1.807, 2.05) is 26.8 Å². The fourth-order valence-electron chi connectivity index (χ4n) is 2.89. The Balaban J connectivity index is 2.05. The molecular weight excluding hydrogens is 405 g/mol. The van der Waals surface area contributed by atoms with Crippen molar-refractivity contribution >= 4 is 13.5 Å². The summed E-state index contributed by atoms with van der Waals surface area (Å²) in [4.78, 5) is 23.7. The van der Waals surface area contributed by atoms with E-state index in [0.29, 0.717) is 12.3 Å². The molecule has 0 saturated carbocycles. The molecule has 164 valence electrons. The van der Waals surface area contributed by atoms with Gasteiger partial charge in [0.1, 0.15) is 18.1 Å². The Morgan fingerprint density at radius 2 is 1.90 bits per heavy atom. The molecule has 8 heteroatoms. The van der Waals surface area contributed by atoms with E-state index in [4.69, 9.17) is 9.47 Å². The number of carbonyl (C=O) groups excluding carboxylic acids is 1. The van der Waals surface area contributed by atoms with Crippen LogP contribution in [0.1, 0.15) is 37.5 Å². The van der Waals surface area contributed by atoms with Crippen molar-refractivity contribution in [2.45, 2.75) is 46.4 Å². The normalized spacial score (nSPS) is 13.0. The zero-order valence-electron chi connectivity index (χ0n) is 17.9. The molecular formula is C22H30NO6P. The standard InChI is InChI=1S/C22H30NO6P/c1-5-18-12-20(24)10-9-19(18)14-28-22(25)23(16(2)3)13-17-7-6-8-21(11-17)29-15-30(4,26)27/h6-12,16,24H,5,13-15H2,1-4H3,(H,26,27). The lowest BCUT2D eigenvalue weighted by atomic mass is 10.1. The lowest BCUT2D eigenvalue weighted by molar-refractivity contribution is 0.0827. The molecule has 2 aromatic carbocycles. The van der Waals surface area contributed by atoms with Crippen LogP contribution >= 0.6 is 7.37 Å². The van der Waals surface area contributed by atoms with Crippen LogP contribution in [0.25, 0.3) is 0 Å². The van der Waals surface area contributed by atoms with Crippen LogP contribution in [0.4, 0.5) is 4.79 Å². The summed E-state index contributed by atoms with van der Waals surface area (Å²) in [5, 5.41) is 9.62. The Kier molecular flexibility index (Phi) is 8.33. The Morgan fingerprint density at radius 1 is 1.17 bits per heavy atom. The summed E-state index contributed by atoms with van der Waals surface area (Å²) in [6.07, 6.45) is 0.0131. The van der Waals surface area contributed by atoms with Crippen LogP contribution in [0.3, 0.4) is 0 Å². The van der Waals surface area contributed by atoms with Gasteiger partial charge in [0.05, 0.1) is 0 Å². The van der Waals surface area contributed by atoms with Crippen molar-refractivity contribution in [3.63, 3.8) is 0 Å². The van der Waals surface area contributed by atoms with E-state index in [1.54, 1.807) is 41.3 Å². The summed E-state index contributed by atoms with van der Waals surface area (Å²) in [6, 6.07) is 12.0. The maximum Gasteiger partial charge on any atom is 0.410 e. The van der Waals surface area contributed by atoms with Gasteiger partial charge in [0, 0.05) is 19.3 Å². The van der Waals surface area contributed by atoms with Crippen LogP contribution in [0.15, 0.2) is 42.5 Å². The van der Waals surface area contributed by atoms with E-state index in [9.17, 15) is 19.4 Å². The first-order chi connectivity index (χ1) is 14.1. The number of aromatic hydroxyl groups is 1. The van der Waals surface area contributed by atoms with Gasteiger partial charge in [-0.2, -0.15) is 0 Å². The molecule has 1 atom stereocenters. The predicted octanol–water partition coefficient (Wildman–Crippen LogP) is 4.74. The number of phenolic OH excluding ortho intramolecular Hbond substituents is 1. The number of amides is 1. The Morgan fingerprint density at radius 3 is 2.53 bits per heavy atom. The van der Waals surface area contributed by atoms with Crippen LogP contribution in [-0.4, -0.2) is 40.0 Å². The van der Waals surface area contributed by atoms with Gasteiger partial charge < -0.3 is 24.4 Å². The van der Waals surface area contributed by atoms with Crippen LogP contribution in [0.2, 0.25) is 0 Å². The Bertz CT molecular complexity index is 908. The van der Waals surface area contributed by atoms with Crippen molar-refractivity contribution in [2.24, 2.45) is 0 Å². The van der Waals surface area contributed by atoms with Gasteiger partial charge in [-0.15, -0.1) is 0 Å². The monoisotopic (exact) mass is 435 g/mol. The Labute approximate surface area is 177 Å². The molecule has 2 aromatic rings. The van der Waals surface area contributed by atoms with Gasteiger partial charge in [0.15, 0.2) is 6.35 Å². The minimum atomic E-state index is -3.28. The number of hydrogen-bond donors (Lipinski definition) is 2. The van der Waals surface area contributed by atoms with E-state index in [1.165, 1.54) is 6.66 Å². The lowest BCUT2D eigenvalue weighted by Crippen LogP contribution is -2.36. The minimum Gasteiger partial charge on any atom is -0.508 e. The molecule has 0 aliphatic carbocycles. The number of aryl methyl sites for hydroxylation is 1. The second-order valence-corrected chi connectivity index (χ2v) is 9.91. The molecule has 0 aliphatic rings. The number of phenols is 1. The van der Waals surface area contributed by atoms with Gasteiger partial charge in [-0.1, -0.05) is 25.1 Å². The zero-order chi connectivity index (χ0) is 22.3. The van der Waals surface area contributed by atoms with Gasteiger partial charge in [-0.3, -0.25) is 4.57 Å². The lowest BCUT2D eigenvalue weighted by Gasteiger charge is -2.26. The molecule has 7 nitrogen and oxygen atoms in total. The summed E-state index contributed by atoms with van der Waals surface area (Å²) in [5.74, 6) is 0.658. The molecule has 0 fully saturated rings. The first kappa shape index (κ1) is 23.8. The highest BCUT2D eigenvalue weighted by molar-refractivity contribution is 7.56. The average molecular weight is 435 g/mol. The molecule has 1 amide bonds. The maximum atomic E-state index is 12.7. The molecule has 0 aromatic heterocycles. The number of nitrogens with zero attached hydrogens (tertiary/aromatic N) is 1. The SMILES string of the molecule is CCc1cc(O)ccc1COC(=O)N(Cc1cccc(OCP(C)(=O)O)c1)C(C)C. The highest BCUT2D eigenvalue weighted by Gasteiger charge is 2.20. The van der Waals surface area contributed by atoms with Gasteiger partial charge >= 0.3 is 6.09 Å². The van der Waals surface area contributed by atoms with E-state index in [-0.39, 0.29) is 24.7 Å². The second-order valence-electron chi connectivity index (χ2n) is 7.55. The molecule has 2 N–H and O–H groups in total. The van der Waals surface area contributed by atoms with E-state index in [2.05, 4.69) is 0 Å². The van der Waals surface area contributed by atoms with Crippen molar-refractivity contribution in [3.05, 3.63) is 59.2 Å². The number of rotatable bonds is 9. The van der Waals surface area contributed by atoms with Crippen LogP contribution < -0.4 is 4.74 Å². The molecule has 0 bridgehead atoms. The third kappa shape index (κ3) is 7.39. The predicted molar refractivity (Wildman–Crippen MR) is 116 cm³/mol. The van der Waals surface area contributed by atoms with E-state index >= 15 is 0 Å². The molecule has 0 radical (unpaired) electrons. The first-order valence-electron chi connectivity index (χ1n) is 9.84. The highest BCUT2D eigenvalue weighted by atomic mass is 31.2. The summed E-state index contributed by atoms with van der Waals surface area (Å²) in [6.45, 7) is 7.45. The molecule has 0 heterocycles. The summed E-state index contributed by atoms with van der Waals surface area (Å²) in [5.41, 5.74) is 2.61. The highest BCUT2D eigenvalue weighted by Crippen LogP contribution is 2.35. The van der Waals surface area contributed by atoms with E-state index in [0.717, 1.165) is 23.1 Å². The van der Waals surface area contributed by atoms with Crippen molar-refractivity contribution in [2.75, 3.05) is 13.0 Å². The topological polar surface area (TPSA) is 96.3 Å². The zero-order valence-corrected chi connectivity index (χ0v) is 18.8. The third-order valence-corrected chi connectivity index (χ3v) is 5.11. The Hall–Kier alpha value is -2.50. The summed E-state index contributed by atoms with van der Waals surface area (Å²) in [7, 11) is -3.28. The number of carbonyl (C=O) groups is 1. The quantitative estimate of drug-likeness (QED) is 0.553. The van der Waals surface area contributed by atoms with Crippen LogP contribution in [0.5, 0.6) is 11.5 Å². The van der Waals surface area contributed by atoms with Crippen molar-refractivity contribution in [1.29, 1.82) is 0 Å². The molecule has 0 spiro atoms. The first-order valence-corrected chi connectivity index (χ1v) is 12.1. The molecule has 1 unspecified atom stereocenters. The minimum absolute atomic E-state index is 0.0964. The van der Waals surface area contributed by atoms with E-state index < -0.39 is 13.5 Å². The van der Waals surface area contributed by atoms with Gasteiger partial charge in [0.2, 0.25) is 7.37 Å².